The molecular formula is C22H30O4Si. The van der Waals surface area contributed by atoms with Gasteiger partial charge in [0, 0.05) is 0 Å². The molecule has 3 N–H and O–H groups in total. The Balaban J connectivity index is 2.73. The highest BCUT2D eigenvalue weighted by atomic mass is 28.4. The average molecular weight is 387 g/mol. The van der Waals surface area contributed by atoms with Crippen molar-refractivity contribution in [1.82, 2.24) is 0 Å². The number of rotatable bonds is 8. The van der Waals surface area contributed by atoms with E-state index >= 15 is 0 Å². The normalized spacial score (nSPS) is 15.8. The summed E-state index contributed by atoms with van der Waals surface area (Å²) in [6, 6.07) is 19.9. The average Bonchev–Trinajstić information content (AvgIpc) is 2.68. The number of aliphatic hydroxyl groups is 3. The van der Waals surface area contributed by atoms with Crippen molar-refractivity contribution < 1.29 is 19.7 Å². The summed E-state index contributed by atoms with van der Waals surface area (Å²) in [5, 5.41) is 32.1. The van der Waals surface area contributed by atoms with Crippen LogP contribution in [0.1, 0.15) is 20.8 Å². The van der Waals surface area contributed by atoms with Crippen molar-refractivity contribution in [1.29, 1.82) is 0 Å². The van der Waals surface area contributed by atoms with Crippen LogP contribution >= 0.6 is 0 Å². The molecule has 0 aliphatic heterocycles. The maximum atomic E-state index is 10.5. The van der Waals surface area contributed by atoms with Gasteiger partial charge in [-0.25, -0.2) is 0 Å². The maximum absolute atomic E-state index is 10.5. The van der Waals surface area contributed by atoms with Gasteiger partial charge in [0.15, 0.2) is 0 Å². The number of aliphatic hydroxyl groups excluding tert-OH is 3. The molecule has 2 aromatic carbocycles. The zero-order chi connectivity index (χ0) is 20.1. The molecule has 0 amide bonds. The van der Waals surface area contributed by atoms with Crippen LogP contribution in [0.3, 0.4) is 0 Å². The fraction of sp³-hybridized carbons (Fsp3) is 0.364. The van der Waals surface area contributed by atoms with Crippen molar-refractivity contribution in [2.75, 3.05) is 6.61 Å². The minimum Gasteiger partial charge on any atom is -0.399 e. The number of benzene rings is 2. The van der Waals surface area contributed by atoms with Gasteiger partial charge in [-0.1, -0.05) is 87.5 Å². The van der Waals surface area contributed by atoms with E-state index in [-0.39, 0.29) is 5.04 Å². The molecule has 0 fully saturated rings. The molecule has 0 unspecified atom stereocenters. The van der Waals surface area contributed by atoms with Crippen LogP contribution in [0.2, 0.25) is 5.04 Å². The smallest absolute Gasteiger partial charge is 0.261 e. The van der Waals surface area contributed by atoms with E-state index in [2.05, 4.69) is 27.4 Å². The van der Waals surface area contributed by atoms with Gasteiger partial charge in [-0.3, -0.25) is 0 Å². The van der Waals surface area contributed by atoms with E-state index in [0.29, 0.717) is 0 Å². The zero-order valence-electron chi connectivity index (χ0n) is 16.2. The lowest BCUT2D eigenvalue weighted by molar-refractivity contribution is -0.0520. The summed E-state index contributed by atoms with van der Waals surface area (Å²) in [6.07, 6.45) is -1.98. The predicted octanol–water partition coefficient (Wildman–Crippen LogP) is 1.83. The molecule has 0 saturated heterocycles. The molecule has 0 saturated carbocycles. The van der Waals surface area contributed by atoms with Gasteiger partial charge in [0.05, 0.1) is 12.7 Å². The highest BCUT2D eigenvalue weighted by molar-refractivity contribution is 6.99. The first-order valence-electron chi connectivity index (χ1n) is 9.16. The molecular weight excluding hydrogens is 356 g/mol. The highest BCUT2D eigenvalue weighted by Gasteiger charge is 2.52. The van der Waals surface area contributed by atoms with E-state index in [1.165, 1.54) is 6.08 Å². The highest BCUT2D eigenvalue weighted by Crippen LogP contribution is 2.38. The molecule has 3 atom stereocenters. The van der Waals surface area contributed by atoms with Crippen molar-refractivity contribution in [3.05, 3.63) is 73.3 Å². The van der Waals surface area contributed by atoms with Crippen LogP contribution in [0.4, 0.5) is 0 Å². The molecule has 4 nitrogen and oxygen atoms in total. The second-order valence-corrected chi connectivity index (χ2v) is 12.0. The molecule has 0 bridgehead atoms. The first-order chi connectivity index (χ1) is 12.8. The van der Waals surface area contributed by atoms with Gasteiger partial charge in [0.2, 0.25) is 0 Å². The van der Waals surface area contributed by atoms with Crippen LogP contribution in [0.5, 0.6) is 0 Å². The molecule has 2 aromatic rings. The molecule has 2 rings (SSSR count). The second kappa shape index (κ2) is 8.95. The second-order valence-electron chi connectivity index (χ2n) is 7.72. The van der Waals surface area contributed by atoms with Crippen LogP contribution in [0.25, 0.3) is 0 Å². The lowest BCUT2D eigenvalue weighted by atomic mass is 10.1. The summed E-state index contributed by atoms with van der Waals surface area (Å²) in [6.45, 7) is 9.46. The molecule has 5 heteroatoms. The van der Waals surface area contributed by atoms with Crippen molar-refractivity contribution in [2.45, 2.75) is 44.1 Å². The SMILES string of the molecule is C=C[C@@H](O)[C@H](O[Si](c1ccccc1)(c1ccccc1)C(C)(C)C)[C@@H](O)CO. The lowest BCUT2D eigenvalue weighted by Gasteiger charge is -2.46. The largest absolute Gasteiger partial charge is 0.399 e. The minimum atomic E-state index is -2.95. The topological polar surface area (TPSA) is 69.9 Å². The van der Waals surface area contributed by atoms with Crippen LogP contribution in [-0.4, -0.2) is 48.6 Å². The van der Waals surface area contributed by atoms with Crippen LogP contribution < -0.4 is 10.4 Å². The molecule has 0 aliphatic carbocycles. The Labute approximate surface area is 162 Å². The van der Waals surface area contributed by atoms with Gasteiger partial charge in [0.25, 0.3) is 8.32 Å². The van der Waals surface area contributed by atoms with E-state index in [9.17, 15) is 15.3 Å². The molecule has 0 aliphatic rings. The maximum Gasteiger partial charge on any atom is 0.261 e. The van der Waals surface area contributed by atoms with E-state index < -0.39 is 33.2 Å². The van der Waals surface area contributed by atoms with Gasteiger partial charge >= 0.3 is 0 Å². The standard InChI is InChI=1S/C22H30O4Si/c1-5-19(24)21(20(25)16-23)26-27(22(2,3)4,17-12-8-6-9-13-17)18-14-10-7-11-15-18/h5-15,19-21,23-25H,1,16H2,2-4H3/t19-,20+,21+/m1/s1. The van der Waals surface area contributed by atoms with Gasteiger partial charge in [-0.05, 0) is 15.4 Å². The Kier molecular flexibility index (Phi) is 7.14. The Bertz CT molecular complexity index is 673. The quantitative estimate of drug-likeness (QED) is 0.478. The summed E-state index contributed by atoms with van der Waals surface area (Å²) in [5.41, 5.74) is 0. The van der Waals surface area contributed by atoms with E-state index in [0.717, 1.165) is 10.4 Å². The molecule has 0 radical (unpaired) electrons. The molecule has 146 valence electrons. The van der Waals surface area contributed by atoms with Crippen LogP contribution in [-0.2, 0) is 4.43 Å². The van der Waals surface area contributed by atoms with E-state index in [4.69, 9.17) is 4.43 Å². The van der Waals surface area contributed by atoms with Gasteiger partial charge in [-0.2, -0.15) is 0 Å². The first-order valence-corrected chi connectivity index (χ1v) is 11.1. The summed E-state index contributed by atoms with van der Waals surface area (Å²) in [7, 11) is -2.95. The monoisotopic (exact) mass is 386 g/mol. The predicted molar refractivity (Wildman–Crippen MR) is 112 cm³/mol. The Morgan fingerprint density at radius 3 is 1.74 bits per heavy atom. The number of hydrogen-bond acceptors (Lipinski definition) is 4. The zero-order valence-corrected chi connectivity index (χ0v) is 17.2. The van der Waals surface area contributed by atoms with Crippen LogP contribution in [0, 0.1) is 0 Å². The Morgan fingerprint density at radius 1 is 0.963 bits per heavy atom. The first kappa shape index (κ1) is 21.5. The molecule has 27 heavy (non-hydrogen) atoms. The summed E-state index contributed by atoms with van der Waals surface area (Å²) >= 11 is 0. The third kappa shape index (κ3) is 4.39. The van der Waals surface area contributed by atoms with E-state index in [1.54, 1.807) is 0 Å². The van der Waals surface area contributed by atoms with Crippen LogP contribution in [0.15, 0.2) is 73.3 Å². The van der Waals surface area contributed by atoms with Crippen molar-refractivity contribution >= 4 is 18.7 Å². The summed E-state index contributed by atoms with van der Waals surface area (Å²) < 4.78 is 6.69. The fourth-order valence-corrected chi connectivity index (χ4v) is 8.23. The van der Waals surface area contributed by atoms with Gasteiger partial charge in [0.1, 0.15) is 12.2 Å². The Hall–Kier alpha value is -1.76. The minimum absolute atomic E-state index is 0.302. The molecule has 0 aromatic heterocycles. The summed E-state index contributed by atoms with van der Waals surface area (Å²) in [4.78, 5) is 0. The van der Waals surface area contributed by atoms with Crippen molar-refractivity contribution in [3.8, 4) is 0 Å². The van der Waals surface area contributed by atoms with Crippen molar-refractivity contribution in [2.24, 2.45) is 0 Å². The van der Waals surface area contributed by atoms with Gasteiger partial charge in [-0.15, -0.1) is 6.58 Å². The van der Waals surface area contributed by atoms with Gasteiger partial charge < -0.3 is 19.7 Å². The lowest BCUT2D eigenvalue weighted by Crippen LogP contribution is -2.69. The van der Waals surface area contributed by atoms with E-state index in [1.807, 2.05) is 60.7 Å². The fourth-order valence-electron chi connectivity index (χ4n) is 3.51. The molecule has 0 spiro atoms. The number of hydrogen-bond donors (Lipinski definition) is 3. The van der Waals surface area contributed by atoms with Crippen molar-refractivity contribution in [3.63, 3.8) is 0 Å². The third-order valence-corrected chi connectivity index (χ3v) is 9.90. The molecule has 0 heterocycles. The summed E-state index contributed by atoms with van der Waals surface area (Å²) in [5.74, 6) is 0. The Morgan fingerprint density at radius 2 is 1.41 bits per heavy atom. The third-order valence-electron chi connectivity index (χ3n) is 4.87.